The van der Waals surface area contributed by atoms with Gasteiger partial charge in [-0.1, -0.05) is 19.6 Å². The van der Waals surface area contributed by atoms with Gasteiger partial charge in [-0.05, 0) is 19.6 Å². The van der Waals surface area contributed by atoms with Crippen LogP contribution in [0, 0.1) is 0 Å². The molecule has 0 saturated carbocycles. The molecule has 0 bridgehead atoms. The quantitative estimate of drug-likeness (QED) is 0.618. The fourth-order valence-electron chi connectivity index (χ4n) is 0.925. The molecule has 1 unspecified atom stereocenters. The highest BCUT2D eigenvalue weighted by Crippen LogP contribution is 2.25. The first-order valence-corrected chi connectivity index (χ1v) is 11.7. The van der Waals surface area contributed by atoms with E-state index in [0.29, 0.717) is 0 Å². The average molecular weight is 259 g/mol. The molecule has 7 heteroatoms. The zero-order valence-electron chi connectivity index (χ0n) is 10.1. The van der Waals surface area contributed by atoms with Gasteiger partial charge in [0, 0.05) is 0 Å². The molecule has 0 aliphatic carbocycles. The lowest BCUT2D eigenvalue weighted by atomic mass is 10.6. The largest absolute Gasteiger partial charge is 0.426 e. The lowest BCUT2D eigenvalue weighted by Crippen LogP contribution is -2.58. The second-order valence-electron chi connectivity index (χ2n) is 5.55. The molecule has 15 heavy (non-hydrogen) atoms. The van der Waals surface area contributed by atoms with Crippen LogP contribution in [0.1, 0.15) is 0 Å². The molecule has 0 amide bonds. The van der Waals surface area contributed by atoms with Gasteiger partial charge < -0.3 is 9.41 Å². The predicted molar refractivity (Wildman–Crippen MR) is 60.8 cm³/mol. The third-order valence-electron chi connectivity index (χ3n) is 1.33. The third-order valence-corrected chi connectivity index (χ3v) is 3.40. The summed E-state index contributed by atoms with van der Waals surface area (Å²) in [5.41, 5.74) is 0. The summed E-state index contributed by atoms with van der Waals surface area (Å²) in [6.07, 6.45) is -6.14. The second kappa shape index (κ2) is 4.56. The van der Waals surface area contributed by atoms with E-state index in [1.54, 1.807) is 19.6 Å². The minimum Gasteiger partial charge on any atom is -0.396 e. The van der Waals surface area contributed by atoms with Crippen LogP contribution in [0.4, 0.5) is 13.2 Å². The van der Waals surface area contributed by atoms with Crippen LogP contribution in [-0.4, -0.2) is 29.0 Å². The summed E-state index contributed by atoms with van der Waals surface area (Å²) >= 11 is 0. The minimum atomic E-state index is -4.33. The van der Waals surface area contributed by atoms with Gasteiger partial charge in [0.25, 0.3) is 0 Å². The van der Waals surface area contributed by atoms with Gasteiger partial charge >= 0.3 is 6.18 Å². The first-order valence-electron chi connectivity index (χ1n) is 4.83. The Kier molecular flexibility index (Phi) is 4.61. The fraction of sp³-hybridized carbons (Fsp3) is 1.00. The second-order valence-corrected chi connectivity index (χ2v) is 14.8. The molecular weight excluding hydrogens is 239 g/mol. The van der Waals surface area contributed by atoms with Crippen molar-refractivity contribution >= 4 is 16.6 Å². The van der Waals surface area contributed by atoms with Crippen LogP contribution in [-0.2, 0) is 4.43 Å². The van der Waals surface area contributed by atoms with E-state index in [-0.39, 0.29) is 0 Å². The number of hydrogen-bond acceptors (Lipinski definition) is 2. The monoisotopic (exact) mass is 259 g/mol. The number of alkyl halides is 3. The molecule has 1 atom stereocenters. The van der Waals surface area contributed by atoms with Gasteiger partial charge in [0.05, 0.1) is 0 Å². The molecule has 0 radical (unpaired) electrons. The van der Waals surface area contributed by atoms with Crippen molar-refractivity contribution in [3.8, 4) is 0 Å². The van der Waals surface area contributed by atoms with Gasteiger partial charge in [-0.3, -0.25) is 0 Å². The van der Waals surface area contributed by atoms with Crippen molar-refractivity contribution in [2.24, 2.45) is 0 Å². The third kappa shape index (κ3) is 8.00. The zero-order chi connectivity index (χ0) is 12.5. The Balaban J connectivity index is 4.62. The Morgan fingerprint density at radius 1 is 1.00 bits per heavy atom. The van der Waals surface area contributed by atoms with E-state index in [0.717, 1.165) is 0 Å². The fourth-order valence-corrected chi connectivity index (χ4v) is 2.95. The molecule has 0 aliphatic heterocycles. The van der Waals surface area contributed by atoms with Gasteiger partial charge in [0.1, 0.15) is 8.24 Å². The zero-order valence-corrected chi connectivity index (χ0v) is 12.1. The molecule has 0 aromatic rings. The summed E-state index contributed by atoms with van der Waals surface area (Å²) in [6.45, 7) is 10.7. The minimum absolute atomic E-state index is 1.75. The maximum Gasteiger partial charge on any atom is 0.426 e. The van der Waals surface area contributed by atoms with Crippen molar-refractivity contribution in [2.45, 2.75) is 51.7 Å². The summed E-state index contributed by atoms with van der Waals surface area (Å²) in [4.78, 5) is 2.58. The van der Waals surface area contributed by atoms with Gasteiger partial charge in [-0.25, -0.2) is 0 Å². The Labute approximate surface area is 91.4 Å². The van der Waals surface area contributed by atoms with Crippen molar-refractivity contribution in [1.29, 1.82) is 0 Å². The van der Waals surface area contributed by atoms with E-state index < -0.39 is 29.0 Å². The highest BCUT2D eigenvalue weighted by Gasteiger charge is 2.44. The Morgan fingerprint density at radius 3 is 1.60 bits per heavy atom. The number of nitrogens with one attached hydrogen (secondary N) is 1. The van der Waals surface area contributed by atoms with Crippen molar-refractivity contribution in [2.75, 3.05) is 0 Å². The summed E-state index contributed by atoms with van der Waals surface area (Å²) in [5, 5.41) is 0. The SMILES string of the molecule is C[Si](C)(C)NC(O[Si](C)(C)C)C(F)(F)F. The standard InChI is InChI=1S/C8H20F3NOSi2/c1-14(2,3)12-7(8(9,10)11)13-15(4,5)6/h7,12H,1-6H3. The predicted octanol–water partition coefficient (Wildman–Crippen LogP) is 3.15. The molecule has 92 valence electrons. The van der Waals surface area contributed by atoms with Crippen LogP contribution in [0.5, 0.6) is 0 Å². The van der Waals surface area contributed by atoms with Crippen LogP contribution >= 0.6 is 0 Å². The van der Waals surface area contributed by atoms with Gasteiger partial charge in [0.15, 0.2) is 14.5 Å². The maximum atomic E-state index is 12.6. The normalized spacial score (nSPS) is 16.6. The molecule has 2 nitrogen and oxygen atoms in total. The molecular formula is C8H20F3NOSi2. The molecule has 0 saturated heterocycles. The average Bonchev–Trinajstić information content (AvgIpc) is 1.75. The lowest BCUT2D eigenvalue weighted by Gasteiger charge is -2.33. The number of hydrogen-bond donors (Lipinski definition) is 1. The van der Waals surface area contributed by atoms with E-state index in [2.05, 4.69) is 4.98 Å². The van der Waals surface area contributed by atoms with Crippen LogP contribution < -0.4 is 4.98 Å². The van der Waals surface area contributed by atoms with Gasteiger partial charge in [-0.2, -0.15) is 13.2 Å². The molecule has 0 aromatic carbocycles. The lowest BCUT2D eigenvalue weighted by molar-refractivity contribution is -0.201. The Bertz CT molecular complexity index is 191. The maximum absolute atomic E-state index is 12.6. The van der Waals surface area contributed by atoms with Crippen LogP contribution in [0.3, 0.4) is 0 Å². The van der Waals surface area contributed by atoms with E-state index in [4.69, 9.17) is 4.43 Å². The van der Waals surface area contributed by atoms with Gasteiger partial charge in [0.2, 0.25) is 0 Å². The molecule has 0 heterocycles. The van der Waals surface area contributed by atoms with Crippen LogP contribution in [0.25, 0.3) is 0 Å². The van der Waals surface area contributed by atoms with E-state index in [1.165, 1.54) is 0 Å². The van der Waals surface area contributed by atoms with Crippen molar-refractivity contribution < 1.29 is 17.6 Å². The highest BCUT2D eigenvalue weighted by molar-refractivity contribution is 6.74. The topological polar surface area (TPSA) is 21.3 Å². The molecule has 0 rings (SSSR count). The summed E-state index contributed by atoms with van der Waals surface area (Å²) < 4.78 is 43.0. The summed E-state index contributed by atoms with van der Waals surface area (Å²) in [6, 6.07) is 0. The number of halogens is 3. The van der Waals surface area contributed by atoms with Crippen molar-refractivity contribution in [1.82, 2.24) is 4.98 Å². The molecule has 0 aliphatic rings. The summed E-state index contributed by atoms with van der Waals surface area (Å²) in [5.74, 6) is 0. The van der Waals surface area contributed by atoms with E-state index in [1.807, 2.05) is 19.6 Å². The summed E-state index contributed by atoms with van der Waals surface area (Å²) in [7, 11) is -4.19. The molecule has 0 spiro atoms. The first-order chi connectivity index (χ1) is 6.31. The molecule has 1 N–H and O–H groups in total. The van der Waals surface area contributed by atoms with E-state index >= 15 is 0 Å². The first kappa shape index (κ1) is 15.1. The molecule has 0 aromatic heterocycles. The van der Waals surface area contributed by atoms with Crippen molar-refractivity contribution in [3.05, 3.63) is 0 Å². The van der Waals surface area contributed by atoms with Crippen molar-refractivity contribution in [3.63, 3.8) is 0 Å². The Morgan fingerprint density at radius 2 is 1.40 bits per heavy atom. The highest BCUT2D eigenvalue weighted by atomic mass is 28.4. The van der Waals surface area contributed by atoms with Crippen LogP contribution in [0.15, 0.2) is 0 Å². The van der Waals surface area contributed by atoms with E-state index in [9.17, 15) is 13.2 Å². The van der Waals surface area contributed by atoms with Crippen LogP contribution in [0.2, 0.25) is 39.3 Å². The Hall–Kier alpha value is 0.144. The molecule has 0 fully saturated rings. The van der Waals surface area contributed by atoms with Gasteiger partial charge in [-0.15, -0.1) is 0 Å². The smallest absolute Gasteiger partial charge is 0.396 e. The number of rotatable bonds is 4.